The minimum absolute atomic E-state index is 0.184. The van der Waals surface area contributed by atoms with Crippen molar-refractivity contribution in [3.8, 4) is 5.88 Å². The number of aromatic nitrogens is 2. The summed E-state index contributed by atoms with van der Waals surface area (Å²) in [5.41, 5.74) is 3.64. The summed E-state index contributed by atoms with van der Waals surface area (Å²) in [7, 11) is 4.99. The lowest BCUT2D eigenvalue weighted by molar-refractivity contribution is 0.101. The number of ether oxygens (including phenoxy) is 5. The maximum Gasteiger partial charge on any atom is 0.515 e. The SMILES string of the molecule is CCOC(=O)Oc1ncc2[nH]c3cccc(CN(CCOC)CCOC)c3c2c1COC. The number of benzene rings is 1. The van der Waals surface area contributed by atoms with E-state index >= 15 is 0 Å². The zero-order valence-corrected chi connectivity index (χ0v) is 19.1. The second-order valence-corrected chi connectivity index (χ2v) is 7.28. The lowest BCUT2D eigenvalue weighted by Crippen LogP contribution is -2.30. The number of hydrogen-bond acceptors (Lipinski definition) is 8. The van der Waals surface area contributed by atoms with E-state index in [9.17, 15) is 4.79 Å². The van der Waals surface area contributed by atoms with E-state index in [4.69, 9.17) is 23.7 Å². The molecule has 0 saturated carbocycles. The summed E-state index contributed by atoms with van der Waals surface area (Å²) in [6.07, 6.45) is 0.877. The third-order valence-electron chi connectivity index (χ3n) is 5.16. The molecule has 9 nitrogen and oxygen atoms in total. The zero-order valence-electron chi connectivity index (χ0n) is 19.1. The van der Waals surface area contributed by atoms with Gasteiger partial charge in [0, 0.05) is 57.3 Å². The van der Waals surface area contributed by atoms with Crippen LogP contribution in [0.4, 0.5) is 4.79 Å². The largest absolute Gasteiger partial charge is 0.515 e. The second kappa shape index (κ2) is 11.8. The van der Waals surface area contributed by atoms with Gasteiger partial charge in [0.15, 0.2) is 0 Å². The summed E-state index contributed by atoms with van der Waals surface area (Å²) < 4.78 is 26.3. The monoisotopic (exact) mass is 445 g/mol. The molecule has 0 unspecified atom stereocenters. The molecule has 1 N–H and O–H groups in total. The number of pyridine rings is 1. The Bertz CT molecular complexity index is 1030. The highest BCUT2D eigenvalue weighted by molar-refractivity contribution is 6.11. The Morgan fingerprint density at radius 3 is 2.44 bits per heavy atom. The summed E-state index contributed by atoms with van der Waals surface area (Å²) in [4.78, 5) is 22.0. The fraction of sp³-hybridized carbons (Fsp3) is 0.478. The number of methoxy groups -OCH3 is 3. The van der Waals surface area contributed by atoms with Gasteiger partial charge in [-0.1, -0.05) is 12.1 Å². The van der Waals surface area contributed by atoms with E-state index in [1.807, 2.05) is 12.1 Å². The number of H-pyrrole nitrogens is 1. The molecule has 0 atom stereocenters. The van der Waals surface area contributed by atoms with E-state index < -0.39 is 6.16 Å². The fourth-order valence-electron chi connectivity index (χ4n) is 3.74. The summed E-state index contributed by atoms with van der Waals surface area (Å²) in [6.45, 7) is 5.70. The van der Waals surface area contributed by atoms with Crippen molar-refractivity contribution in [2.24, 2.45) is 0 Å². The first kappa shape index (κ1) is 23.9. The van der Waals surface area contributed by atoms with Crippen molar-refractivity contribution in [1.82, 2.24) is 14.9 Å². The molecule has 32 heavy (non-hydrogen) atoms. The van der Waals surface area contributed by atoms with Crippen LogP contribution in [0.2, 0.25) is 0 Å². The van der Waals surface area contributed by atoms with Crippen molar-refractivity contribution in [3.63, 3.8) is 0 Å². The van der Waals surface area contributed by atoms with Gasteiger partial charge in [-0.05, 0) is 18.6 Å². The Kier molecular flexibility index (Phi) is 8.81. The number of nitrogens with one attached hydrogen (secondary N) is 1. The molecule has 0 aliphatic carbocycles. The molecule has 0 bridgehead atoms. The van der Waals surface area contributed by atoms with Crippen molar-refractivity contribution in [1.29, 1.82) is 0 Å². The highest BCUT2D eigenvalue weighted by Crippen LogP contribution is 2.35. The number of nitrogens with zero attached hydrogens (tertiary/aromatic N) is 2. The molecule has 0 aliphatic rings. The highest BCUT2D eigenvalue weighted by Gasteiger charge is 2.20. The van der Waals surface area contributed by atoms with Crippen LogP contribution >= 0.6 is 0 Å². The van der Waals surface area contributed by atoms with Crippen LogP contribution in [0.1, 0.15) is 18.1 Å². The number of hydrogen-bond donors (Lipinski definition) is 1. The van der Waals surface area contributed by atoms with E-state index in [0.29, 0.717) is 25.3 Å². The molecular formula is C23H31N3O6. The number of carbonyl (C=O) groups excluding carboxylic acids is 1. The van der Waals surface area contributed by atoms with Crippen LogP contribution in [0.5, 0.6) is 5.88 Å². The van der Waals surface area contributed by atoms with Crippen LogP contribution in [-0.2, 0) is 32.1 Å². The predicted octanol–water partition coefficient (Wildman–Crippen LogP) is 3.49. The average Bonchev–Trinajstić information content (AvgIpc) is 3.17. The average molecular weight is 446 g/mol. The van der Waals surface area contributed by atoms with Gasteiger partial charge in [-0.15, -0.1) is 0 Å². The molecular weight excluding hydrogens is 414 g/mol. The highest BCUT2D eigenvalue weighted by atomic mass is 16.7. The van der Waals surface area contributed by atoms with Gasteiger partial charge < -0.3 is 28.7 Å². The predicted molar refractivity (Wildman–Crippen MR) is 121 cm³/mol. The minimum Gasteiger partial charge on any atom is -0.434 e. The molecule has 174 valence electrons. The van der Waals surface area contributed by atoms with Crippen LogP contribution in [0.15, 0.2) is 24.4 Å². The van der Waals surface area contributed by atoms with Gasteiger partial charge >= 0.3 is 6.16 Å². The van der Waals surface area contributed by atoms with Crippen LogP contribution in [0.25, 0.3) is 21.8 Å². The van der Waals surface area contributed by atoms with Crippen LogP contribution < -0.4 is 4.74 Å². The molecule has 0 aliphatic heterocycles. The van der Waals surface area contributed by atoms with Gasteiger partial charge in [0.05, 0.1) is 43.7 Å². The van der Waals surface area contributed by atoms with E-state index in [1.54, 1.807) is 34.4 Å². The third-order valence-corrected chi connectivity index (χ3v) is 5.16. The lowest BCUT2D eigenvalue weighted by atomic mass is 10.0. The number of rotatable bonds is 12. The van der Waals surface area contributed by atoms with Gasteiger partial charge in [0.2, 0.25) is 5.88 Å². The van der Waals surface area contributed by atoms with E-state index in [0.717, 1.165) is 40.5 Å². The Balaban J connectivity index is 2.09. The maximum atomic E-state index is 12.0. The van der Waals surface area contributed by atoms with Crippen molar-refractivity contribution >= 4 is 28.0 Å². The molecule has 0 amide bonds. The molecule has 2 heterocycles. The van der Waals surface area contributed by atoms with Crippen molar-refractivity contribution in [3.05, 3.63) is 35.5 Å². The Hall–Kier alpha value is -2.72. The first-order valence-electron chi connectivity index (χ1n) is 10.6. The summed E-state index contributed by atoms with van der Waals surface area (Å²) >= 11 is 0. The van der Waals surface area contributed by atoms with E-state index in [2.05, 4.69) is 20.9 Å². The van der Waals surface area contributed by atoms with Crippen LogP contribution in [0.3, 0.4) is 0 Å². The molecule has 9 heteroatoms. The van der Waals surface area contributed by atoms with Gasteiger partial charge in [0.1, 0.15) is 0 Å². The fourth-order valence-corrected chi connectivity index (χ4v) is 3.74. The van der Waals surface area contributed by atoms with Gasteiger partial charge in [-0.3, -0.25) is 4.90 Å². The lowest BCUT2D eigenvalue weighted by Gasteiger charge is -2.22. The summed E-state index contributed by atoms with van der Waals surface area (Å²) in [5, 5.41) is 1.97. The molecule has 3 rings (SSSR count). The smallest absolute Gasteiger partial charge is 0.434 e. The second-order valence-electron chi connectivity index (χ2n) is 7.28. The van der Waals surface area contributed by atoms with Gasteiger partial charge in [0.25, 0.3) is 0 Å². The molecule has 0 spiro atoms. The van der Waals surface area contributed by atoms with Gasteiger partial charge in [-0.25, -0.2) is 9.78 Å². The topological polar surface area (TPSA) is 95.1 Å². The Labute approximate surface area is 187 Å². The first-order valence-corrected chi connectivity index (χ1v) is 10.6. The van der Waals surface area contributed by atoms with E-state index in [1.165, 1.54) is 0 Å². The number of aromatic amines is 1. The Morgan fingerprint density at radius 2 is 1.78 bits per heavy atom. The molecule has 0 radical (unpaired) electrons. The summed E-state index contributed by atoms with van der Waals surface area (Å²) in [5.74, 6) is 0.184. The first-order chi connectivity index (χ1) is 15.6. The minimum atomic E-state index is -0.790. The third kappa shape index (κ3) is 5.55. The summed E-state index contributed by atoms with van der Waals surface area (Å²) in [6, 6.07) is 6.15. The van der Waals surface area contributed by atoms with Crippen molar-refractivity contribution in [2.45, 2.75) is 20.1 Å². The molecule has 0 fully saturated rings. The van der Waals surface area contributed by atoms with Crippen LogP contribution in [0, 0.1) is 0 Å². The molecule has 0 saturated heterocycles. The van der Waals surface area contributed by atoms with Crippen molar-refractivity contribution < 1.29 is 28.5 Å². The molecule has 3 aromatic rings. The van der Waals surface area contributed by atoms with Crippen molar-refractivity contribution in [2.75, 3.05) is 54.2 Å². The normalized spacial score (nSPS) is 11.5. The van der Waals surface area contributed by atoms with Gasteiger partial charge in [-0.2, -0.15) is 0 Å². The van der Waals surface area contributed by atoms with Crippen LogP contribution in [-0.4, -0.2) is 75.3 Å². The molecule has 1 aromatic carbocycles. The standard InChI is InChI=1S/C23H31N3O6/c1-5-31-23(27)32-22-17(15-30-4)21-19(13-24-22)25-18-8-6-7-16(20(18)21)14-26(9-11-28-2)10-12-29-3/h6-8,13,25H,5,9-12,14-15H2,1-4H3. The number of carbonyl (C=O) groups is 1. The number of fused-ring (bicyclic) bond motifs is 3. The van der Waals surface area contributed by atoms with E-state index in [-0.39, 0.29) is 19.1 Å². The zero-order chi connectivity index (χ0) is 22.9. The Morgan fingerprint density at radius 1 is 1.03 bits per heavy atom. The molecule has 2 aromatic heterocycles. The quantitative estimate of drug-likeness (QED) is 0.423. The maximum absolute atomic E-state index is 12.0.